The molecule has 0 saturated carbocycles. The van der Waals surface area contributed by atoms with Gasteiger partial charge in [0, 0.05) is 5.69 Å². The summed E-state index contributed by atoms with van der Waals surface area (Å²) in [5.74, 6) is -0.715. The molecule has 24 heavy (non-hydrogen) atoms. The van der Waals surface area contributed by atoms with Crippen molar-refractivity contribution in [1.29, 1.82) is 0 Å². The number of carbonyl (C=O) groups is 1. The van der Waals surface area contributed by atoms with Crippen LogP contribution in [0.25, 0.3) is 5.69 Å². The molecule has 0 fully saturated rings. The zero-order valence-corrected chi connectivity index (χ0v) is 13.7. The van der Waals surface area contributed by atoms with E-state index in [4.69, 9.17) is 0 Å². The third kappa shape index (κ3) is 3.03. The molecule has 6 heteroatoms. The van der Waals surface area contributed by atoms with Gasteiger partial charge in [-0.25, -0.2) is 9.07 Å². The first-order chi connectivity index (χ1) is 11.5. The minimum Gasteiger partial charge on any atom is -0.320 e. The van der Waals surface area contributed by atoms with Crippen LogP contribution in [-0.2, 0) is 0 Å². The van der Waals surface area contributed by atoms with Crippen molar-refractivity contribution in [3.63, 3.8) is 0 Å². The maximum Gasteiger partial charge on any atom is 0.278 e. The molecule has 1 N–H and O–H groups in total. The van der Waals surface area contributed by atoms with Crippen LogP contribution in [0.2, 0.25) is 0 Å². The van der Waals surface area contributed by atoms with Crippen molar-refractivity contribution in [3.8, 4) is 5.69 Å². The Morgan fingerprint density at radius 3 is 2.67 bits per heavy atom. The van der Waals surface area contributed by atoms with E-state index >= 15 is 0 Å². The van der Waals surface area contributed by atoms with Gasteiger partial charge < -0.3 is 5.32 Å². The quantitative estimate of drug-likeness (QED) is 0.801. The van der Waals surface area contributed by atoms with E-state index in [0.717, 1.165) is 16.8 Å². The molecule has 1 amide bonds. The molecular formula is C18H17FN4O. The zero-order chi connectivity index (χ0) is 17.3. The Bertz CT molecular complexity index is 917. The fourth-order valence-corrected chi connectivity index (χ4v) is 2.44. The van der Waals surface area contributed by atoms with Gasteiger partial charge in [0.2, 0.25) is 0 Å². The van der Waals surface area contributed by atoms with Crippen LogP contribution in [-0.4, -0.2) is 20.9 Å². The standard InChI is InChI=1S/C18H17FN4O/c1-11-7-8-12(2)16(9-11)20-18(24)17-13(3)23(22-21-17)15-6-4-5-14(19)10-15/h4-10H,1-3H3,(H,20,24). The lowest BCUT2D eigenvalue weighted by atomic mass is 10.1. The molecule has 122 valence electrons. The predicted molar refractivity (Wildman–Crippen MR) is 89.9 cm³/mol. The zero-order valence-electron chi connectivity index (χ0n) is 13.7. The molecule has 0 aliphatic rings. The van der Waals surface area contributed by atoms with Gasteiger partial charge in [0.05, 0.1) is 11.4 Å². The van der Waals surface area contributed by atoms with Crippen LogP contribution in [0.15, 0.2) is 42.5 Å². The van der Waals surface area contributed by atoms with Crippen LogP contribution in [0.3, 0.4) is 0 Å². The van der Waals surface area contributed by atoms with Gasteiger partial charge in [0.1, 0.15) is 5.82 Å². The number of aryl methyl sites for hydroxylation is 2. The van der Waals surface area contributed by atoms with Crippen LogP contribution in [0.1, 0.15) is 27.3 Å². The Morgan fingerprint density at radius 2 is 1.92 bits per heavy atom. The average Bonchev–Trinajstić information content (AvgIpc) is 2.92. The lowest BCUT2D eigenvalue weighted by Gasteiger charge is -2.08. The molecule has 1 heterocycles. The first-order valence-corrected chi connectivity index (χ1v) is 7.52. The minimum absolute atomic E-state index is 0.208. The number of carbonyl (C=O) groups excluding carboxylic acids is 1. The maximum atomic E-state index is 13.4. The van der Waals surface area contributed by atoms with Gasteiger partial charge in [-0.05, 0) is 56.2 Å². The van der Waals surface area contributed by atoms with E-state index in [2.05, 4.69) is 15.6 Å². The number of amides is 1. The largest absolute Gasteiger partial charge is 0.320 e. The van der Waals surface area contributed by atoms with Crippen molar-refractivity contribution >= 4 is 11.6 Å². The molecule has 0 aliphatic carbocycles. The molecule has 5 nitrogen and oxygen atoms in total. The number of aromatic nitrogens is 3. The van der Waals surface area contributed by atoms with E-state index in [1.807, 2.05) is 32.0 Å². The number of nitrogens with zero attached hydrogens (tertiary/aromatic N) is 3. The molecule has 3 rings (SSSR count). The van der Waals surface area contributed by atoms with Gasteiger partial charge in [0.15, 0.2) is 5.69 Å². The fourth-order valence-electron chi connectivity index (χ4n) is 2.44. The Hall–Kier alpha value is -3.02. The summed E-state index contributed by atoms with van der Waals surface area (Å²) in [6, 6.07) is 11.8. The minimum atomic E-state index is -0.371. The Kier molecular flexibility index (Phi) is 4.12. The van der Waals surface area contributed by atoms with Crippen LogP contribution >= 0.6 is 0 Å². The van der Waals surface area contributed by atoms with Crippen LogP contribution in [0.4, 0.5) is 10.1 Å². The van der Waals surface area contributed by atoms with E-state index in [9.17, 15) is 9.18 Å². The normalized spacial score (nSPS) is 10.7. The third-order valence-electron chi connectivity index (χ3n) is 3.80. The number of benzene rings is 2. The highest BCUT2D eigenvalue weighted by atomic mass is 19.1. The molecule has 3 aromatic rings. The summed E-state index contributed by atoms with van der Waals surface area (Å²) < 4.78 is 14.8. The molecule has 0 atom stereocenters. The van der Waals surface area contributed by atoms with Gasteiger partial charge in [-0.15, -0.1) is 5.10 Å². The fraction of sp³-hybridized carbons (Fsp3) is 0.167. The van der Waals surface area contributed by atoms with E-state index in [-0.39, 0.29) is 17.4 Å². The van der Waals surface area contributed by atoms with Crippen molar-refractivity contribution in [2.75, 3.05) is 5.32 Å². The van der Waals surface area contributed by atoms with E-state index < -0.39 is 0 Å². The summed E-state index contributed by atoms with van der Waals surface area (Å²) in [6.45, 7) is 5.61. The molecule has 2 aromatic carbocycles. The predicted octanol–water partition coefficient (Wildman–Crippen LogP) is 3.58. The third-order valence-corrected chi connectivity index (χ3v) is 3.80. The lowest BCUT2D eigenvalue weighted by molar-refractivity contribution is 0.102. The van der Waals surface area contributed by atoms with E-state index in [0.29, 0.717) is 11.4 Å². The van der Waals surface area contributed by atoms with Crippen molar-refractivity contribution < 1.29 is 9.18 Å². The highest BCUT2D eigenvalue weighted by Gasteiger charge is 2.18. The molecule has 1 aromatic heterocycles. The number of anilines is 1. The molecule has 0 spiro atoms. The Balaban J connectivity index is 1.90. The van der Waals surface area contributed by atoms with Crippen molar-refractivity contribution in [2.45, 2.75) is 20.8 Å². The smallest absolute Gasteiger partial charge is 0.278 e. The average molecular weight is 324 g/mol. The van der Waals surface area contributed by atoms with Gasteiger partial charge in [-0.1, -0.05) is 23.4 Å². The molecule has 0 unspecified atom stereocenters. The maximum absolute atomic E-state index is 13.4. The molecule has 0 bridgehead atoms. The second kappa shape index (κ2) is 6.23. The van der Waals surface area contributed by atoms with Crippen molar-refractivity contribution in [3.05, 3.63) is 70.8 Å². The van der Waals surface area contributed by atoms with Crippen LogP contribution in [0, 0.1) is 26.6 Å². The SMILES string of the molecule is Cc1ccc(C)c(NC(=O)c2nnn(-c3cccc(F)c3)c2C)c1. The monoisotopic (exact) mass is 324 g/mol. The highest BCUT2D eigenvalue weighted by Crippen LogP contribution is 2.19. The number of hydrogen-bond acceptors (Lipinski definition) is 3. The summed E-state index contributed by atoms with van der Waals surface area (Å²) in [5.41, 5.74) is 4.02. The summed E-state index contributed by atoms with van der Waals surface area (Å²) in [6.07, 6.45) is 0. The van der Waals surface area contributed by atoms with Gasteiger partial charge in [-0.3, -0.25) is 4.79 Å². The van der Waals surface area contributed by atoms with Gasteiger partial charge >= 0.3 is 0 Å². The number of nitrogens with one attached hydrogen (secondary N) is 1. The Labute approximate surface area is 139 Å². The topological polar surface area (TPSA) is 59.8 Å². The van der Waals surface area contributed by atoms with Crippen LogP contribution in [0.5, 0.6) is 0 Å². The summed E-state index contributed by atoms with van der Waals surface area (Å²) in [7, 11) is 0. The van der Waals surface area contributed by atoms with Gasteiger partial charge in [0.25, 0.3) is 5.91 Å². The summed E-state index contributed by atoms with van der Waals surface area (Å²) in [5, 5.41) is 10.8. The number of hydrogen-bond donors (Lipinski definition) is 1. The molecule has 0 saturated heterocycles. The molecule has 0 radical (unpaired) electrons. The summed E-state index contributed by atoms with van der Waals surface area (Å²) in [4.78, 5) is 12.5. The first-order valence-electron chi connectivity index (χ1n) is 7.52. The first kappa shape index (κ1) is 15.9. The van der Waals surface area contributed by atoms with Crippen molar-refractivity contribution in [2.24, 2.45) is 0 Å². The Morgan fingerprint density at radius 1 is 1.12 bits per heavy atom. The van der Waals surface area contributed by atoms with E-state index in [1.165, 1.54) is 16.8 Å². The highest BCUT2D eigenvalue weighted by molar-refractivity contribution is 6.04. The number of halogens is 1. The second-order valence-electron chi connectivity index (χ2n) is 5.69. The second-order valence-corrected chi connectivity index (χ2v) is 5.69. The summed E-state index contributed by atoms with van der Waals surface area (Å²) >= 11 is 0. The van der Waals surface area contributed by atoms with Crippen molar-refractivity contribution in [1.82, 2.24) is 15.0 Å². The lowest BCUT2D eigenvalue weighted by Crippen LogP contribution is -2.15. The van der Waals surface area contributed by atoms with E-state index in [1.54, 1.807) is 19.1 Å². The molecular weight excluding hydrogens is 307 g/mol. The van der Waals surface area contributed by atoms with Gasteiger partial charge in [-0.2, -0.15) is 0 Å². The number of rotatable bonds is 3. The van der Waals surface area contributed by atoms with Crippen LogP contribution < -0.4 is 5.32 Å². The molecule has 0 aliphatic heterocycles.